The number of H-pyrrole nitrogens is 2. The summed E-state index contributed by atoms with van der Waals surface area (Å²) in [5, 5.41) is 0. The molecule has 2 aromatic rings. The molecule has 0 saturated carbocycles. The zero-order valence-corrected chi connectivity index (χ0v) is 8.77. The molecule has 0 spiro atoms. The summed E-state index contributed by atoms with van der Waals surface area (Å²) in [5.74, 6) is 1.98. The van der Waals surface area contributed by atoms with E-state index in [0.29, 0.717) is 0 Å². The largest absolute Gasteiger partial charge is 0.348 e. The number of nitrogens with zero attached hydrogens (tertiary/aromatic N) is 3. The molecule has 0 radical (unpaired) electrons. The zero-order valence-electron chi connectivity index (χ0n) is 8.77. The Morgan fingerprint density at radius 1 is 1.07 bits per heavy atom. The zero-order chi connectivity index (χ0) is 10.5. The molecule has 5 nitrogen and oxygen atoms in total. The first-order valence-corrected chi connectivity index (χ1v) is 5.07. The molecule has 0 amide bonds. The molecule has 0 saturated heterocycles. The second kappa shape index (κ2) is 4.75. The van der Waals surface area contributed by atoms with Crippen molar-refractivity contribution in [2.45, 2.75) is 20.0 Å². The molecule has 0 aliphatic carbocycles. The topological polar surface area (TPSA) is 60.6 Å². The minimum Gasteiger partial charge on any atom is -0.348 e. The lowest BCUT2D eigenvalue weighted by Gasteiger charge is -2.17. The SMILES string of the molecule is CCN(Cc1ncc[nH]1)Cc1ncc[nH]1. The van der Waals surface area contributed by atoms with Gasteiger partial charge in [-0.2, -0.15) is 0 Å². The van der Waals surface area contributed by atoms with Crippen LogP contribution in [0.15, 0.2) is 24.8 Å². The van der Waals surface area contributed by atoms with Crippen LogP contribution < -0.4 is 0 Å². The number of imidazole rings is 2. The van der Waals surface area contributed by atoms with Gasteiger partial charge in [-0.1, -0.05) is 6.92 Å². The quantitative estimate of drug-likeness (QED) is 0.770. The normalized spacial score (nSPS) is 11.1. The summed E-state index contributed by atoms with van der Waals surface area (Å²) in [7, 11) is 0. The Kier molecular flexibility index (Phi) is 3.14. The van der Waals surface area contributed by atoms with Crippen LogP contribution in [0.5, 0.6) is 0 Å². The Hall–Kier alpha value is -1.62. The predicted octanol–water partition coefficient (Wildman–Crippen LogP) is 1.15. The second-order valence-electron chi connectivity index (χ2n) is 3.38. The summed E-state index contributed by atoms with van der Waals surface area (Å²) < 4.78 is 0. The lowest BCUT2D eigenvalue weighted by Crippen LogP contribution is -2.23. The molecule has 0 bridgehead atoms. The highest BCUT2D eigenvalue weighted by Gasteiger charge is 2.07. The van der Waals surface area contributed by atoms with Crippen LogP contribution in [0.3, 0.4) is 0 Å². The predicted molar refractivity (Wildman–Crippen MR) is 57.0 cm³/mol. The van der Waals surface area contributed by atoms with Gasteiger partial charge in [0.05, 0.1) is 13.1 Å². The van der Waals surface area contributed by atoms with Crippen molar-refractivity contribution in [3.63, 3.8) is 0 Å². The molecule has 0 unspecified atom stereocenters. The van der Waals surface area contributed by atoms with E-state index in [4.69, 9.17) is 0 Å². The van der Waals surface area contributed by atoms with E-state index in [1.54, 1.807) is 12.4 Å². The van der Waals surface area contributed by atoms with Crippen molar-refractivity contribution in [1.82, 2.24) is 24.8 Å². The number of aromatic amines is 2. The van der Waals surface area contributed by atoms with Gasteiger partial charge in [0.15, 0.2) is 0 Å². The van der Waals surface area contributed by atoms with Crippen LogP contribution in [0, 0.1) is 0 Å². The standard InChI is InChI=1S/C10H15N5/c1-2-15(7-9-11-3-4-12-9)8-10-13-5-6-14-10/h3-6H,2,7-8H2,1H3,(H,11,12)(H,13,14). The summed E-state index contributed by atoms with van der Waals surface area (Å²) in [5.41, 5.74) is 0. The first kappa shape index (κ1) is 9.92. The van der Waals surface area contributed by atoms with Gasteiger partial charge >= 0.3 is 0 Å². The van der Waals surface area contributed by atoms with Crippen LogP contribution in [0.1, 0.15) is 18.6 Å². The summed E-state index contributed by atoms with van der Waals surface area (Å²) in [6.07, 6.45) is 7.23. The fraction of sp³-hybridized carbons (Fsp3) is 0.400. The third-order valence-corrected chi connectivity index (χ3v) is 2.30. The van der Waals surface area contributed by atoms with Gasteiger partial charge in [-0.15, -0.1) is 0 Å². The van der Waals surface area contributed by atoms with Gasteiger partial charge in [0.25, 0.3) is 0 Å². The highest BCUT2D eigenvalue weighted by Crippen LogP contribution is 2.02. The fourth-order valence-electron chi connectivity index (χ4n) is 1.47. The average Bonchev–Trinajstić information content (AvgIpc) is 2.89. The molecule has 80 valence electrons. The van der Waals surface area contributed by atoms with Gasteiger partial charge in [0.2, 0.25) is 0 Å². The van der Waals surface area contributed by atoms with E-state index in [2.05, 4.69) is 31.8 Å². The Morgan fingerprint density at radius 2 is 1.60 bits per heavy atom. The van der Waals surface area contributed by atoms with E-state index in [-0.39, 0.29) is 0 Å². The van der Waals surface area contributed by atoms with Crippen molar-refractivity contribution in [2.24, 2.45) is 0 Å². The number of rotatable bonds is 5. The monoisotopic (exact) mass is 205 g/mol. The lowest BCUT2D eigenvalue weighted by atomic mass is 10.4. The lowest BCUT2D eigenvalue weighted by molar-refractivity contribution is 0.259. The highest BCUT2D eigenvalue weighted by molar-refractivity contribution is 4.90. The molecule has 2 rings (SSSR count). The van der Waals surface area contributed by atoms with Crippen LogP contribution in [0.2, 0.25) is 0 Å². The fourth-order valence-corrected chi connectivity index (χ4v) is 1.47. The van der Waals surface area contributed by atoms with Crippen LogP contribution in [0.4, 0.5) is 0 Å². The van der Waals surface area contributed by atoms with Crippen molar-refractivity contribution in [1.29, 1.82) is 0 Å². The maximum Gasteiger partial charge on any atom is 0.120 e. The Labute approximate surface area is 88.6 Å². The summed E-state index contributed by atoms with van der Waals surface area (Å²) in [4.78, 5) is 16.9. The van der Waals surface area contributed by atoms with Crippen molar-refractivity contribution in [3.8, 4) is 0 Å². The average molecular weight is 205 g/mol. The Morgan fingerprint density at radius 3 is 1.93 bits per heavy atom. The van der Waals surface area contributed by atoms with E-state index < -0.39 is 0 Å². The summed E-state index contributed by atoms with van der Waals surface area (Å²) in [6, 6.07) is 0. The molecular weight excluding hydrogens is 190 g/mol. The smallest absolute Gasteiger partial charge is 0.120 e. The molecular formula is C10H15N5. The minimum atomic E-state index is 0.824. The van der Waals surface area contributed by atoms with Crippen molar-refractivity contribution < 1.29 is 0 Å². The van der Waals surface area contributed by atoms with Crippen LogP contribution in [-0.2, 0) is 13.1 Å². The number of hydrogen-bond donors (Lipinski definition) is 2. The van der Waals surface area contributed by atoms with Crippen LogP contribution in [0.25, 0.3) is 0 Å². The summed E-state index contributed by atoms with van der Waals surface area (Å²) >= 11 is 0. The number of aromatic nitrogens is 4. The van der Waals surface area contributed by atoms with Gasteiger partial charge in [-0.25, -0.2) is 9.97 Å². The number of hydrogen-bond acceptors (Lipinski definition) is 3. The van der Waals surface area contributed by atoms with Gasteiger partial charge in [-0.05, 0) is 6.54 Å². The first-order chi connectivity index (χ1) is 7.38. The minimum absolute atomic E-state index is 0.824. The summed E-state index contributed by atoms with van der Waals surface area (Å²) in [6.45, 7) is 4.75. The molecule has 0 atom stereocenters. The van der Waals surface area contributed by atoms with Gasteiger partial charge < -0.3 is 9.97 Å². The van der Waals surface area contributed by atoms with Crippen molar-refractivity contribution >= 4 is 0 Å². The molecule has 5 heteroatoms. The van der Waals surface area contributed by atoms with E-state index >= 15 is 0 Å². The van der Waals surface area contributed by atoms with Gasteiger partial charge in [-0.3, -0.25) is 4.90 Å². The van der Waals surface area contributed by atoms with E-state index in [1.165, 1.54) is 0 Å². The Balaban J connectivity index is 1.93. The molecule has 0 fully saturated rings. The van der Waals surface area contributed by atoms with Crippen LogP contribution >= 0.6 is 0 Å². The van der Waals surface area contributed by atoms with Gasteiger partial charge in [0.1, 0.15) is 11.6 Å². The van der Waals surface area contributed by atoms with E-state index in [9.17, 15) is 0 Å². The molecule has 15 heavy (non-hydrogen) atoms. The first-order valence-electron chi connectivity index (χ1n) is 5.07. The van der Waals surface area contributed by atoms with E-state index in [0.717, 1.165) is 31.3 Å². The van der Waals surface area contributed by atoms with Crippen molar-refractivity contribution in [2.75, 3.05) is 6.54 Å². The molecule has 2 heterocycles. The molecule has 0 aliphatic rings. The maximum absolute atomic E-state index is 4.21. The molecule has 2 N–H and O–H groups in total. The van der Waals surface area contributed by atoms with Crippen LogP contribution in [-0.4, -0.2) is 31.4 Å². The van der Waals surface area contributed by atoms with Gasteiger partial charge in [0, 0.05) is 24.8 Å². The third kappa shape index (κ3) is 2.66. The van der Waals surface area contributed by atoms with E-state index in [1.807, 2.05) is 12.4 Å². The molecule has 2 aromatic heterocycles. The maximum atomic E-state index is 4.21. The second-order valence-corrected chi connectivity index (χ2v) is 3.38. The molecule has 0 aliphatic heterocycles. The Bertz CT molecular complexity index is 328. The molecule has 0 aromatic carbocycles. The number of nitrogens with one attached hydrogen (secondary N) is 2. The highest BCUT2D eigenvalue weighted by atomic mass is 15.2. The van der Waals surface area contributed by atoms with Crippen molar-refractivity contribution in [3.05, 3.63) is 36.4 Å². The third-order valence-electron chi connectivity index (χ3n) is 2.30.